The number of nitrogens with one attached hydrogen (secondary N) is 1. The molecule has 1 fully saturated rings. The van der Waals surface area contributed by atoms with Gasteiger partial charge in [0, 0.05) is 11.6 Å². The quantitative estimate of drug-likeness (QED) is 0.847. The highest BCUT2D eigenvalue weighted by molar-refractivity contribution is 5.51. The maximum atomic E-state index is 5.20. The minimum atomic E-state index is 0.591. The van der Waals surface area contributed by atoms with Crippen molar-refractivity contribution in [2.24, 2.45) is 0 Å². The van der Waals surface area contributed by atoms with Crippen molar-refractivity contribution in [3.8, 4) is 11.5 Å². The fourth-order valence-corrected chi connectivity index (χ4v) is 1.55. The van der Waals surface area contributed by atoms with Crippen LogP contribution in [0.5, 0.6) is 0 Å². The number of aromatic nitrogens is 2. The van der Waals surface area contributed by atoms with E-state index in [0.717, 1.165) is 11.4 Å². The Labute approximate surface area is 93.7 Å². The number of hydrogen-bond acceptors (Lipinski definition) is 4. The van der Waals surface area contributed by atoms with E-state index in [0.29, 0.717) is 18.5 Å². The van der Waals surface area contributed by atoms with Gasteiger partial charge in [0.05, 0.1) is 6.54 Å². The van der Waals surface area contributed by atoms with E-state index in [9.17, 15) is 0 Å². The van der Waals surface area contributed by atoms with Gasteiger partial charge in [0.25, 0.3) is 5.89 Å². The molecule has 0 amide bonds. The summed E-state index contributed by atoms with van der Waals surface area (Å²) < 4.78 is 5.20. The Kier molecular flexibility index (Phi) is 2.42. The SMILES string of the molecule is c1ccc(-c2nc(CNC3CC3)no2)cc1. The molecule has 4 heteroatoms. The Morgan fingerprint density at radius 3 is 2.81 bits per heavy atom. The monoisotopic (exact) mass is 215 g/mol. The average molecular weight is 215 g/mol. The predicted molar refractivity (Wildman–Crippen MR) is 59.6 cm³/mol. The predicted octanol–water partition coefficient (Wildman–Crippen LogP) is 1.99. The summed E-state index contributed by atoms with van der Waals surface area (Å²) in [6.07, 6.45) is 2.53. The lowest BCUT2D eigenvalue weighted by molar-refractivity contribution is 0.419. The second-order valence-corrected chi connectivity index (χ2v) is 4.04. The van der Waals surface area contributed by atoms with E-state index in [1.165, 1.54) is 12.8 Å². The van der Waals surface area contributed by atoms with Crippen LogP contribution in [0.15, 0.2) is 34.9 Å². The van der Waals surface area contributed by atoms with Crippen LogP contribution in [-0.2, 0) is 6.54 Å². The van der Waals surface area contributed by atoms with E-state index < -0.39 is 0 Å². The van der Waals surface area contributed by atoms with Crippen molar-refractivity contribution in [3.05, 3.63) is 36.2 Å². The van der Waals surface area contributed by atoms with Gasteiger partial charge < -0.3 is 9.84 Å². The molecule has 1 heterocycles. The standard InChI is InChI=1S/C12H13N3O/c1-2-4-9(5-3-1)12-14-11(15-16-12)8-13-10-6-7-10/h1-5,10,13H,6-8H2. The van der Waals surface area contributed by atoms with Crippen molar-refractivity contribution in [1.82, 2.24) is 15.5 Å². The summed E-state index contributed by atoms with van der Waals surface area (Å²) in [7, 11) is 0. The van der Waals surface area contributed by atoms with Crippen molar-refractivity contribution in [2.75, 3.05) is 0 Å². The Bertz CT molecular complexity index is 462. The van der Waals surface area contributed by atoms with Gasteiger partial charge in [-0.3, -0.25) is 0 Å². The fraction of sp³-hybridized carbons (Fsp3) is 0.333. The van der Waals surface area contributed by atoms with Gasteiger partial charge in [0.2, 0.25) is 0 Å². The van der Waals surface area contributed by atoms with Crippen LogP contribution >= 0.6 is 0 Å². The number of hydrogen-bond donors (Lipinski definition) is 1. The van der Waals surface area contributed by atoms with E-state index in [4.69, 9.17) is 4.52 Å². The Balaban J connectivity index is 1.71. The van der Waals surface area contributed by atoms with Gasteiger partial charge >= 0.3 is 0 Å². The molecule has 0 radical (unpaired) electrons. The molecule has 1 N–H and O–H groups in total. The van der Waals surface area contributed by atoms with Gasteiger partial charge in [-0.05, 0) is 25.0 Å². The molecule has 0 spiro atoms. The number of benzene rings is 1. The van der Waals surface area contributed by atoms with Gasteiger partial charge in [-0.2, -0.15) is 4.98 Å². The minimum absolute atomic E-state index is 0.591. The lowest BCUT2D eigenvalue weighted by atomic mass is 10.2. The molecule has 1 aromatic heterocycles. The first kappa shape index (κ1) is 9.54. The molecule has 0 saturated heterocycles. The molecule has 0 bridgehead atoms. The van der Waals surface area contributed by atoms with Crippen molar-refractivity contribution < 1.29 is 4.52 Å². The molecule has 1 aliphatic carbocycles. The molecule has 4 nitrogen and oxygen atoms in total. The van der Waals surface area contributed by atoms with Crippen LogP contribution in [-0.4, -0.2) is 16.2 Å². The van der Waals surface area contributed by atoms with E-state index in [1.807, 2.05) is 30.3 Å². The summed E-state index contributed by atoms with van der Waals surface area (Å²) >= 11 is 0. The number of nitrogens with zero attached hydrogens (tertiary/aromatic N) is 2. The van der Waals surface area contributed by atoms with Crippen molar-refractivity contribution in [2.45, 2.75) is 25.4 Å². The second-order valence-electron chi connectivity index (χ2n) is 4.04. The van der Waals surface area contributed by atoms with Crippen molar-refractivity contribution in [3.63, 3.8) is 0 Å². The van der Waals surface area contributed by atoms with E-state index in [1.54, 1.807) is 0 Å². The molecule has 1 saturated carbocycles. The van der Waals surface area contributed by atoms with Crippen LogP contribution in [0.3, 0.4) is 0 Å². The van der Waals surface area contributed by atoms with Crippen LogP contribution in [0, 0.1) is 0 Å². The van der Waals surface area contributed by atoms with Gasteiger partial charge in [-0.15, -0.1) is 0 Å². The largest absolute Gasteiger partial charge is 0.334 e. The fourth-order valence-electron chi connectivity index (χ4n) is 1.55. The highest BCUT2D eigenvalue weighted by atomic mass is 16.5. The molecule has 16 heavy (non-hydrogen) atoms. The van der Waals surface area contributed by atoms with Crippen LogP contribution in [0.4, 0.5) is 0 Å². The Hall–Kier alpha value is -1.68. The normalized spacial score (nSPS) is 15.2. The van der Waals surface area contributed by atoms with Gasteiger partial charge in [-0.25, -0.2) is 0 Å². The van der Waals surface area contributed by atoms with Crippen molar-refractivity contribution >= 4 is 0 Å². The lowest BCUT2D eigenvalue weighted by Crippen LogP contribution is -2.16. The summed E-state index contributed by atoms with van der Waals surface area (Å²) in [6, 6.07) is 10.5. The van der Waals surface area contributed by atoms with Crippen molar-refractivity contribution in [1.29, 1.82) is 0 Å². The minimum Gasteiger partial charge on any atom is -0.334 e. The van der Waals surface area contributed by atoms with E-state index in [-0.39, 0.29) is 0 Å². The third kappa shape index (κ3) is 2.12. The zero-order valence-corrected chi connectivity index (χ0v) is 8.89. The second kappa shape index (κ2) is 4.06. The van der Waals surface area contributed by atoms with Crippen LogP contribution in [0.1, 0.15) is 18.7 Å². The summed E-state index contributed by atoms with van der Waals surface area (Å²) in [4.78, 5) is 4.34. The molecule has 82 valence electrons. The van der Waals surface area contributed by atoms with Gasteiger partial charge in [-0.1, -0.05) is 23.4 Å². The first-order valence-electron chi connectivity index (χ1n) is 5.53. The Morgan fingerprint density at radius 2 is 2.06 bits per heavy atom. The smallest absolute Gasteiger partial charge is 0.257 e. The summed E-state index contributed by atoms with van der Waals surface area (Å²) in [6.45, 7) is 0.695. The zero-order valence-electron chi connectivity index (χ0n) is 8.89. The van der Waals surface area contributed by atoms with Crippen LogP contribution in [0.25, 0.3) is 11.5 Å². The van der Waals surface area contributed by atoms with Crippen LogP contribution in [0.2, 0.25) is 0 Å². The lowest BCUT2D eigenvalue weighted by Gasteiger charge is -1.94. The third-order valence-electron chi connectivity index (χ3n) is 2.62. The maximum Gasteiger partial charge on any atom is 0.257 e. The summed E-state index contributed by atoms with van der Waals surface area (Å²) in [5.74, 6) is 1.32. The molecule has 2 aromatic rings. The molecule has 3 rings (SSSR count). The maximum absolute atomic E-state index is 5.20. The topological polar surface area (TPSA) is 51.0 Å². The summed E-state index contributed by atoms with van der Waals surface area (Å²) in [5.41, 5.74) is 0.965. The molecule has 0 unspecified atom stereocenters. The van der Waals surface area contributed by atoms with Gasteiger partial charge in [0.15, 0.2) is 5.82 Å². The molecule has 1 aromatic carbocycles. The first-order valence-corrected chi connectivity index (χ1v) is 5.53. The van der Waals surface area contributed by atoms with E-state index >= 15 is 0 Å². The molecule has 1 aliphatic rings. The average Bonchev–Trinajstić information content (AvgIpc) is 3.05. The highest BCUT2D eigenvalue weighted by Gasteiger charge is 2.21. The molecular formula is C12H13N3O. The Morgan fingerprint density at radius 1 is 1.25 bits per heavy atom. The zero-order chi connectivity index (χ0) is 10.8. The van der Waals surface area contributed by atoms with Gasteiger partial charge in [0.1, 0.15) is 0 Å². The summed E-state index contributed by atoms with van der Waals surface area (Å²) in [5, 5.41) is 7.30. The highest BCUT2D eigenvalue weighted by Crippen LogP contribution is 2.20. The first-order chi connectivity index (χ1) is 7.92. The number of rotatable bonds is 4. The van der Waals surface area contributed by atoms with E-state index in [2.05, 4.69) is 15.5 Å². The molecule has 0 aliphatic heterocycles. The molecular weight excluding hydrogens is 202 g/mol. The molecule has 0 atom stereocenters. The van der Waals surface area contributed by atoms with Crippen LogP contribution < -0.4 is 5.32 Å². The third-order valence-corrected chi connectivity index (χ3v) is 2.62.